The second kappa shape index (κ2) is 9.84. The van der Waals surface area contributed by atoms with Gasteiger partial charge in [0.15, 0.2) is 0 Å². The van der Waals surface area contributed by atoms with Crippen LogP contribution in [0.5, 0.6) is 0 Å². The zero-order valence-electron chi connectivity index (χ0n) is 2.36. The summed E-state index contributed by atoms with van der Waals surface area (Å²) in [4.78, 5) is 0. The molecule has 0 unspecified atom stereocenters. The molecule has 0 aliphatic rings. The van der Waals surface area contributed by atoms with Crippen molar-refractivity contribution in [3.63, 3.8) is 0 Å². The summed E-state index contributed by atoms with van der Waals surface area (Å²) in [5.74, 6) is 0. The summed E-state index contributed by atoms with van der Waals surface area (Å²) < 4.78 is 0. The van der Waals surface area contributed by atoms with Crippen molar-refractivity contribution in [3.8, 4) is 0 Å². The van der Waals surface area contributed by atoms with E-state index < -0.39 is 0 Å². The molecule has 0 fully saturated rings. The fraction of sp³-hybridized carbons (Fsp3) is 1.00. The van der Waals surface area contributed by atoms with Gasteiger partial charge in [0.05, 0.1) is 0 Å². The summed E-state index contributed by atoms with van der Waals surface area (Å²) in [5.41, 5.74) is 0.278. The Labute approximate surface area is 33.2 Å². The third kappa shape index (κ3) is 25.3. The lowest BCUT2D eigenvalue weighted by atomic mass is 11.7. The van der Waals surface area contributed by atoms with E-state index in [0.717, 1.165) is 0 Å². The molecule has 3 heteroatoms. The van der Waals surface area contributed by atoms with Crippen molar-refractivity contribution in [1.29, 1.82) is 0 Å². The highest BCUT2D eigenvalue weighted by molar-refractivity contribution is 6.07. The molecular weight excluding hydrogens is 71.0 g/mol. The van der Waals surface area contributed by atoms with Gasteiger partial charge in [-0.1, -0.05) is 0 Å². The van der Waals surface area contributed by atoms with Gasteiger partial charge in [-0.05, 0) is 5.47 Å². The van der Waals surface area contributed by atoms with Crippen LogP contribution < -0.4 is 0 Å². The van der Waals surface area contributed by atoms with Gasteiger partial charge < -0.3 is 10.6 Å². The van der Waals surface area contributed by atoms with E-state index in [1.54, 1.807) is 0 Å². The Kier molecular flexibility index (Phi) is 21.7. The highest BCUT2D eigenvalue weighted by Crippen LogP contribution is 1.15. The van der Waals surface area contributed by atoms with Crippen LogP contribution in [0, 0.1) is 0 Å². The van der Waals surface area contributed by atoms with Gasteiger partial charge in [0.2, 0.25) is 16.3 Å². The molecule has 0 rings (SSSR count). The molecule has 0 aromatic carbocycles. The molecule has 0 heterocycles. The van der Waals surface area contributed by atoms with Crippen molar-refractivity contribution in [2.75, 3.05) is 5.47 Å². The molecule has 2 nitrogen and oxygen atoms in total. The minimum atomic E-state index is 0. The third-order valence-electron chi connectivity index (χ3n) is 0. The normalized spacial score (nSPS) is 4.25. The highest BCUT2D eigenvalue weighted by atomic mass is 27.0. The van der Waals surface area contributed by atoms with Gasteiger partial charge in [-0.25, -0.2) is 0 Å². The first kappa shape index (κ1) is 8.82. The predicted octanol–water partition coefficient (Wildman–Crippen LogP) is -1.99. The standard InChI is InChI=1S/CH3O.Al.H2O.H/c1-2;;;/h2H,1H2;;1H2;. The topological polar surface area (TPSA) is 51.7 Å². The van der Waals surface area contributed by atoms with E-state index in [4.69, 9.17) is 5.11 Å². The molecule has 0 spiro atoms. The number of hydrogen-bond donors (Lipinski definition) is 1. The maximum absolute atomic E-state index is 7.58. The molecule has 0 aliphatic carbocycles. The Morgan fingerprint density at radius 2 is 1.75 bits per heavy atom. The Hall–Kier alpha value is 0.452. The van der Waals surface area contributed by atoms with Crippen molar-refractivity contribution in [1.82, 2.24) is 0 Å². The first-order valence-corrected chi connectivity index (χ1v) is 1.82. The lowest BCUT2D eigenvalue weighted by molar-refractivity contribution is 0.369. The number of hydrogen-bond acceptors (Lipinski definition) is 1. The Morgan fingerprint density at radius 1 is 1.75 bits per heavy atom. The monoisotopic (exact) mass is 77.0 g/mol. The van der Waals surface area contributed by atoms with Crippen LogP contribution in [0.15, 0.2) is 0 Å². The summed E-state index contributed by atoms with van der Waals surface area (Å²) >= 11 is 1.53. The molecule has 1 radical (unpaired) electrons. The molecular formula is CH6AlO2. The Bertz CT molecular complexity index is 6.00. The first-order valence-electron chi connectivity index (χ1n) is 0.816. The van der Waals surface area contributed by atoms with E-state index in [9.17, 15) is 0 Å². The van der Waals surface area contributed by atoms with Crippen LogP contribution >= 0.6 is 0 Å². The summed E-state index contributed by atoms with van der Waals surface area (Å²) in [6.45, 7) is 0. The van der Waals surface area contributed by atoms with E-state index >= 15 is 0 Å². The average molecular weight is 77.0 g/mol. The maximum Gasteiger partial charge on any atom is 0.216 e. The first-order chi connectivity index (χ1) is 1.41. The van der Waals surface area contributed by atoms with Crippen LogP contribution in [-0.2, 0) is 0 Å². The molecule has 4 heavy (non-hydrogen) atoms. The summed E-state index contributed by atoms with van der Waals surface area (Å²) in [6, 6.07) is 0. The van der Waals surface area contributed by atoms with Gasteiger partial charge >= 0.3 is 0 Å². The molecule has 25 valence electrons. The molecule has 0 aromatic rings. The van der Waals surface area contributed by atoms with Crippen LogP contribution in [0.3, 0.4) is 0 Å². The summed E-state index contributed by atoms with van der Waals surface area (Å²) in [6.07, 6.45) is 0. The van der Waals surface area contributed by atoms with Crippen molar-refractivity contribution >= 4 is 16.3 Å². The minimum absolute atomic E-state index is 0. The number of aliphatic hydroxyl groups is 1. The van der Waals surface area contributed by atoms with Gasteiger partial charge in [0.25, 0.3) is 0 Å². The van der Waals surface area contributed by atoms with Crippen molar-refractivity contribution in [3.05, 3.63) is 0 Å². The average Bonchev–Trinajstić information content (AvgIpc) is 0.918. The quantitative estimate of drug-likeness (QED) is 0.334. The van der Waals surface area contributed by atoms with Crippen LogP contribution in [0.4, 0.5) is 0 Å². The van der Waals surface area contributed by atoms with E-state index in [1.807, 2.05) is 0 Å². The van der Waals surface area contributed by atoms with Gasteiger partial charge in [-0.3, -0.25) is 0 Å². The molecule has 0 aromatic heterocycles. The van der Waals surface area contributed by atoms with Crippen molar-refractivity contribution in [2.24, 2.45) is 0 Å². The number of rotatable bonds is 0. The zero-order valence-corrected chi connectivity index (χ0v) is 3.78. The van der Waals surface area contributed by atoms with Crippen LogP contribution in [0.1, 0.15) is 0 Å². The van der Waals surface area contributed by atoms with Crippen LogP contribution in [-0.4, -0.2) is 32.3 Å². The van der Waals surface area contributed by atoms with Crippen LogP contribution in [0.2, 0.25) is 0 Å². The molecule has 0 atom stereocenters. The van der Waals surface area contributed by atoms with Gasteiger partial charge in [-0.15, -0.1) is 0 Å². The lowest BCUT2D eigenvalue weighted by Gasteiger charge is -1.51. The van der Waals surface area contributed by atoms with Crippen LogP contribution in [0.25, 0.3) is 0 Å². The van der Waals surface area contributed by atoms with E-state index in [0.29, 0.717) is 0 Å². The van der Waals surface area contributed by atoms with Gasteiger partial charge in [0, 0.05) is 0 Å². The maximum atomic E-state index is 7.58. The lowest BCUT2D eigenvalue weighted by Crippen LogP contribution is -1.69. The zero-order chi connectivity index (χ0) is 2.71. The second-order valence-corrected chi connectivity index (χ2v) is 0.671. The van der Waals surface area contributed by atoms with E-state index in [2.05, 4.69) is 0 Å². The smallest absolute Gasteiger partial charge is 0.216 e. The Balaban J connectivity index is 0. The van der Waals surface area contributed by atoms with Crippen molar-refractivity contribution in [2.45, 2.75) is 0 Å². The molecule has 0 saturated heterocycles. The van der Waals surface area contributed by atoms with E-state index in [-0.39, 0.29) is 10.9 Å². The SMILES string of the molecule is O.O[CH2][AlH]. The second-order valence-electron chi connectivity index (χ2n) is 0.224. The minimum Gasteiger partial charge on any atom is -0.413 e. The molecule has 0 amide bonds. The predicted molar refractivity (Wildman–Crippen MR) is 17.8 cm³/mol. The molecule has 3 N–H and O–H groups in total. The molecule has 0 saturated carbocycles. The fourth-order valence-corrected chi connectivity index (χ4v) is 0. The fourth-order valence-electron chi connectivity index (χ4n) is 0. The highest BCUT2D eigenvalue weighted by Gasteiger charge is 1.39. The van der Waals surface area contributed by atoms with E-state index in [1.165, 1.54) is 16.3 Å². The Morgan fingerprint density at radius 3 is 1.75 bits per heavy atom. The van der Waals surface area contributed by atoms with Gasteiger partial charge in [-0.2, -0.15) is 0 Å². The largest absolute Gasteiger partial charge is 0.413 e. The van der Waals surface area contributed by atoms with Gasteiger partial charge in [0.1, 0.15) is 0 Å². The van der Waals surface area contributed by atoms with Crippen molar-refractivity contribution < 1.29 is 10.6 Å². The molecule has 0 aliphatic heterocycles. The summed E-state index contributed by atoms with van der Waals surface area (Å²) in [7, 11) is 0. The summed E-state index contributed by atoms with van der Waals surface area (Å²) in [5, 5.41) is 7.58. The molecule has 0 bridgehead atoms. The third-order valence-corrected chi connectivity index (χ3v) is 0. The number of aliphatic hydroxyl groups excluding tert-OH is 1.